The minimum absolute atomic E-state index is 0.209. The molecule has 0 aromatic carbocycles. The van der Waals surface area contributed by atoms with E-state index in [0.717, 1.165) is 32.3 Å². The Balaban J connectivity index is 2.14. The lowest BCUT2D eigenvalue weighted by Gasteiger charge is -2.24. The molecule has 0 radical (unpaired) electrons. The minimum Gasteiger partial charge on any atom is -0.481 e. The average Bonchev–Trinajstić information content (AvgIpc) is 2.90. The number of carbonyl (C=O) groups is 2. The second-order valence-electron chi connectivity index (χ2n) is 5.37. The van der Waals surface area contributed by atoms with Crippen molar-refractivity contribution in [1.29, 1.82) is 0 Å². The van der Waals surface area contributed by atoms with Crippen LogP contribution in [0.1, 0.15) is 45.4 Å². The lowest BCUT2D eigenvalue weighted by molar-refractivity contribution is -0.148. The highest BCUT2D eigenvalue weighted by Gasteiger charge is 2.41. The largest absolute Gasteiger partial charge is 0.481 e. The maximum absolute atomic E-state index is 11.6. The third-order valence-corrected chi connectivity index (χ3v) is 3.70. The molecule has 0 saturated heterocycles. The summed E-state index contributed by atoms with van der Waals surface area (Å²) in [6.45, 7) is 4.17. The maximum atomic E-state index is 11.6. The number of carboxylic acid groups (broad SMARTS) is 1. The van der Waals surface area contributed by atoms with E-state index in [1.165, 1.54) is 0 Å². The van der Waals surface area contributed by atoms with Gasteiger partial charge in [-0.2, -0.15) is 0 Å². The molecular weight excluding hydrogens is 260 g/mol. The summed E-state index contributed by atoms with van der Waals surface area (Å²) in [6.07, 6.45) is 4.89. The first-order valence-corrected chi connectivity index (χ1v) is 7.43. The number of amides is 2. The molecule has 1 rings (SSSR count). The molecule has 116 valence electrons. The molecule has 20 heavy (non-hydrogen) atoms. The third kappa shape index (κ3) is 5.36. The van der Waals surface area contributed by atoms with Crippen LogP contribution in [0.25, 0.3) is 0 Å². The van der Waals surface area contributed by atoms with E-state index < -0.39 is 11.4 Å². The van der Waals surface area contributed by atoms with Crippen LogP contribution in [0, 0.1) is 5.41 Å². The number of hydrogen-bond donors (Lipinski definition) is 3. The summed E-state index contributed by atoms with van der Waals surface area (Å²) in [7, 11) is 0. The quantitative estimate of drug-likeness (QED) is 0.563. The van der Waals surface area contributed by atoms with Crippen LogP contribution in [0.4, 0.5) is 4.79 Å². The predicted octanol–water partition coefficient (Wildman–Crippen LogP) is 1.75. The second kappa shape index (κ2) is 8.79. The van der Waals surface area contributed by atoms with Gasteiger partial charge in [-0.15, -0.1) is 0 Å². The second-order valence-corrected chi connectivity index (χ2v) is 5.37. The van der Waals surface area contributed by atoms with Gasteiger partial charge in [-0.05, 0) is 25.7 Å². The zero-order chi connectivity index (χ0) is 14.8. The summed E-state index contributed by atoms with van der Waals surface area (Å²) in [4.78, 5) is 22.9. The highest BCUT2D eigenvalue weighted by atomic mass is 16.5. The highest BCUT2D eigenvalue weighted by molar-refractivity contribution is 5.78. The lowest BCUT2D eigenvalue weighted by atomic mass is 9.86. The van der Waals surface area contributed by atoms with E-state index >= 15 is 0 Å². The molecule has 6 heteroatoms. The van der Waals surface area contributed by atoms with Crippen LogP contribution in [-0.2, 0) is 9.53 Å². The van der Waals surface area contributed by atoms with Gasteiger partial charge in [0.25, 0.3) is 0 Å². The van der Waals surface area contributed by atoms with E-state index in [1.54, 1.807) is 0 Å². The molecule has 0 unspecified atom stereocenters. The Bertz CT molecular complexity index is 314. The summed E-state index contributed by atoms with van der Waals surface area (Å²) < 4.78 is 5.30. The van der Waals surface area contributed by atoms with E-state index in [0.29, 0.717) is 26.0 Å². The number of ether oxygens (including phenoxy) is 1. The molecule has 0 aromatic heterocycles. The van der Waals surface area contributed by atoms with Gasteiger partial charge in [0.15, 0.2) is 0 Å². The fourth-order valence-electron chi connectivity index (χ4n) is 2.45. The summed E-state index contributed by atoms with van der Waals surface area (Å²) >= 11 is 0. The topological polar surface area (TPSA) is 87.7 Å². The van der Waals surface area contributed by atoms with E-state index in [9.17, 15) is 14.7 Å². The number of carbonyl (C=O) groups excluding carboxylic acids is 1. The Labute approximate surface area is 120 Å². The van der Waals surface area contributed by atoms with Crippen molar-refractivity contribution in [2.24, 2.45) is 5.41 Å². The van der Waals surface area contributed by atoms with Gasteiger partial charge in [-0.1, -0.05) is 19.8 Å². The van der Waals surface area contributed by atoms with E-state index in [-0.39, 0.29) is 12.6 Å². The van der Waals surface area contributed by atoms with Crippen molar-refractivity contribution in [2.75, 3.05) is 26.3 Å². The predicted molar refractivity (Wildman–Crippen MR) is 75.7 cm³/mol. The Kier molecular flexibility index (Phi) is 7.36. The van der Waals surface area contributed by atoms with Gasteiger partial charge in [0.05, 0.1) is 5.41 Å². The van der Waals surface area contributed by atoms with Crippen molar-refractivity contribution < 1.29 is 19.4 Å². The molecule has 1 fully saturated rings. The molecule has 0 heterocycles. The van der Waals surface area contributed by atoms with Crippen LogP contribution < -0.4 is 10.6 Å². The number of aliphatic carboxylic acids is 1. The van der Waals surface area contributed by atoms with Crippen LogP contribution in [0.5, 0.6) is 0 Å². The SMILES string of the molecule is CCCOCCCNC(=O)NCC1(C(=O)O)CCCC1. The Morgan fingerprint density at radius 1 is 1.20 bits per heavy atom. The number of urea groups is 1. The zero-order valence-electron chi connectivity index (χ0n) is 12.2. The van der Waals surface area contributed by atoms with Crippen molar-refractivity contribution in [3.05, 3.63) is 0 Å². The van der Waals surface area contributed by atoms with E-state index in [4.69, 9.17) is 4.74 Å². The van der Waals surface area contributed by atoms with Crippen LogP contribution in [0.15, 0.2) is 0 Å². The molecule has 1 aliphatic carbocycles. The maximum Gasteiger partial charge on any atom is 0.314 e. The molecule has 1 aliphatic rings. The number of carboxylic acids is 1. The van der Waals surface area contributed by atoms with Gasteiger partial charge in [0.2, 0.25) is 0 Å². The van der Waals surface area contributed by atoms with Crippen molar-refractivity contribution in [2.45, 2.75) is 45.4 Å². The molecule has 0 bridgehead atoms. The lowest BCUT2D eigenvalue weighted by Crippen LogP contribution is -2.45. The average molecular weight is 286 g/mol. The molecule has 2 amide bonds. The molecule has 0 atom stereocenters. The summed E-state index contributed by atoms with van der Waals surface area (Å²) in [5.74, 6) is -0.803. The normalized spacial score (nSPS) is 16.9. The fourth-order valence-corrected chi connectivity index (χ4v) is 2.45. The highest BCUT2D eigenvalue weighted by Crippen LogP contribution is 2.37. The van der Waals surface area contributed by atoms with Crippen molar-refractivity contribution in [1.82, 2.24) is 10.6 Å². The Hall–Kier alpha value is -1.30. The first-order chi connectivity index (χ1) is 9.60. The Morgan fingerprint density at radius 2 is 1.90 bits per heavy atom. The molecular formula is C14H26N2O4. The number of nitrogens with one attached hydrogen (secondary N) is 2. The van der Waals surface area contributed by atoms with E-state index in [2.05, 4.69) is 10.6 Å². The molecule has 6 nitrogen and oxygen atoms in total. The van der Waals surface area contributed by atoms with E-state index in [1.807, 2.05) is 6.92 Å². The summed E-state index contributed by atoms with van der Waals surface area (Å²) in [5, 5.41) is 14.7. The first kappa shape index (κ1) is 16.8. The standard InChI is InChI=1S/C14H26N2O4/c1-2-9-20-10-5-8-15-13(19)16-11-14(12(17)18)6-3-4-7-14/h2-11H2,1H3,(H,17,18)(H2,15,16,19). The third-order valence-electron chi connectivity index (χ3n) is 3.70. The van der Waals surface area contributed by atoms with Crippen molar-refractivity contribution in [3.63, 3.8) is 0 Å². The van der Waals surface area contributed by atoms with Crippen molar-refractivity contribution in [3.8, 4) is 0 Å². The van der Waals surface area contributed by atoms with Gasteiger partial charge >= 0.3 is 12.0 Å². The first-order valence-electron chi connectivity index (χ1n) is 7.43. The molecule has 3 N–H and O–H groups in total. The smallest absolute Gasteiger partial charge is 0.314 e. The van der Waals surface area contributed by atoms with Gasteiger partial charge in [0, 0.05) is 26.3 Å². The van der Waals surface area contributed by atoms with Crippen molar-refractivity contribution >= 4 is 12.0 Å². The van der Waals surface area contributed by atoms with Gasteiger partial charge in [0.1, 0.15) is 0 Å². The summed E-state index contributed by atoms with van der Waals surface area (Å²) in [5.41, 5.74) is -0.762. The van der Waals surface area contributed by atoms with Crippen LogP contribution in [0.3, 0.4) is 0 Å². The number of rotatable bonds is 9. The number of hydrogen-bond acceptors (Lipinski definition) is 3. The van der Waals surface area contributed by atoms with Gasteiger partial charge in [-0.25, -0.2) is 4.79 Å². The zero-order valence-corrected chi connectivity index (χ0v) is 12.2. The molecule has 0 spiro atoms. The minimum atomic E-state index is -0.803. The van der Waals surface area contributed by atoms with Crippen LogP contribution >= 0.6 is 0 Å². The molecule has 1 saturated carbocycles. The van der Waals surface area contributed by atoms with Gasteiger partial charge in [-0.3, -0.25) is 4.79 Å². The van der Waals surface area contributed by atoms with Crippen LogP contribution in [0.2, 0.25) is 0 Å². The Morgan fingerprint density at radius 3 is 2.50 bits per heavy atom. The molecule has 0 aliphatic heterocycles. The monoisotopic (exact) mass is 286 g/mol. The van der Waals surface area contributed by atoms with Crippen LogP contribution in [-0.4, -0.2) is 43.4 Å². The fraction of sp³-hybridized carbons (Fsp3) is 0.857. The molecule has 0 aromatic rings. The summed E-state index contributed by atoms with van der Waals surface area (Å²) in [6, 6.07) is -0.298. The van der Waals surface area contributed by atoms with Gasteiger partial charge < -0.3 is 20.5 Å².